The second-order valence-corrected chi connectivity index (χ2v) is 4.51. The molecule has 0 radical (unpaired) electrons. The number of rotatable bonds is 3. The van der Waals surface area contributed by atoms with Crippen molar-refractivity contribution in [3.8, 4) is 5.75 Å². The van der Waals surface area contributed by atoms with Crippen LogP contribution in [0.25, 0.3) is 4.85 Å². The highest BCUT2D eigenvalue weighted by Gasteiger charge is 2.24. The predicted octanol–water partition coefficient (Wildman–Crippen LogP) is 3.06. The van der Waals surface area contributed by atoms with Crippen LogP contribution in [-0.2, 0) is 0 Å². The molecule has 1 aliphatic heterocycles. The van der Waals surface area contributed by atoms with Gasteiger partial charge in [-0.3, -0.25) is 0 Å². The fourth-order valence-corrected chi connectivity index (χ4v) is 2.40. The van der Waals surface area contributed by atoms with E-state index in [0.717, 1.165) is 25.3 Å². The summed E-state index contributed by atoms with van der Waals surface area (Å²) in [6.07, 6.45) is 1.15. The van der Waals surface area contributed by atoms with Crippen LogP contribution in [0.15, 0.2) is 18.2 Å². The first-order chi connectivity index (χ1) is 8.24. The van der Waals surface area contributed by atoms with Gasteiger partial charge in [-0.15, -0.1) is 0 Å². The van der Waals surface area contributed by atoms with E-state index in [4.69, 9.17) is 11.3 Å². The van der Waals surface area contributed by atoms with E-state index >= 15 is 0 Å². The maximum absolute atomic E-state index is 7.10. The summed E-state index contributed by atoms with van der Waals surface area (Å²) in [4.78, 5) is 5.83. The summed E-state index contributed by atoms with van der Waals surface area (Å²) in [7, 11) is 2.14. The Bertz CT molecular complexity index is 436. The molecule has 0 bridgehead atoms. The Hall–Kier alpha value is -1.53. The molecule has 1 unspecified atom stereocenters. The van der Waals surface area contributed by atoms with E-state index in [1.807, 2.05) is 25.1 Å². The summed E-state index contributed by atoms with van der Waals surface area (Å²) in [6.45, 7) is 11.9. The van der Waals surface area contributed by atoms with Gasteiger partial charge in [0.05, 0.1) is 13.2 Å². The molecule has 1 atom stereocenters. The van der Waals surface area contributed by atoms with Gasteiger partial charge in [0.2, 0.25) is 0 Å². The number of likely N-dealkylation sites (N-methyl/N-ethyl adjacent to an activating group) is 1. The fraction of sp³-hybridized carbons (Fsp3) is 0.500. The maximum Gasteiger partial charge on any atom is 0.187 e. The molecule has 90 valence electrons. The van der Waals surface area contributed by atoms with Crippen LogP contribution in [0.2, 0.25) is 0 Å². The number of likely N-dealkylation sites (tertiary alicyclic amines) is 1. The Kier molecular flexibility index (Phi) is 3.65. The molecule has 1 fully saturated rings. The van der Waals surface area contributed by atoms with Gasteiger partial charge in [0, 0.05) is 12.5 Å². The molecule has 2 rings (SSSR count). The van der Waals surface area contributed by atoms with E-state index in [9.17, 15) is 0 Å². The highest BCUT2D eigenvalue weighted by molar-refractivity contribution is 5.53. The van der Waals surface area contributed by atoms with Crippen molar-refractivity contribution in [2.45, 2.75) is 19.3 Å². The Labute approximate surface area is 103 Å². The van der Waals surface area contributed by atoms with Crippen molar-refractivity contribution in [1.82, 2.24) is 4.90 Å². The summed E-state index contributed by atoms with van der Waals surface area (Å²) in [5, 5.41) is 0. The number of nitrogens with zero attached hydrogens (tertiary/aromatic N) is 2. The quantitative estimate of drug-likeness (QED) is 0.742. The van der Waals surface area contributed by atoms with Gasteiger partial charge < -0.3 is 9.64 Å². The van der Waals surface area contributed by atoms with Crippen molar-refractivity contribution in [1.29, 1.82) is 0 Å². The van der Waals surface area contributed by atoms with Crippen LogP contribution < -0.4 is 4.74 Å². The molecule has 17 heavy (non-hydrogen) atoms. The molecule has 0 N–H and O–H groups in total. The van der Waals surface area contributed by atoms with Gasteiger partial charge >= 0.3 is 0 Å². The van der Waals surface area contributed by atoms with Crippen LogP contribution in [0.3, 0.4) is 0 Å². The number of benzene rings is 1. The molecule has 0 amide bonds. The lowest BCUT2D eigenvalue weighted by molar-refractivity contribution is 0.333. The molecule has 0 aliphatic carbocycles. The third-order valence-corrected chi connectivity index (χ3v) is 3.25. The standard InChI is InChI=1S/C14H18N2O/c1-4-17-14-6-5-12(15-2)9-13(14)11-7-8-16(3)10-11/h5-6,9,11H,4,7-8,10H2,1,3H3. The van der Waals surface area contributed by atoms with Gasteiger partial charge in [-0.1, -0.05) is 6.07 Å². The SMILES string of the molecule is [C-]#[N+]c1ccc(OCC)c(C2CCN(C)C2)c1. The molecule has 0 spiro atoms. The molecule has 1 aliphatic rings. The van der Waals surface area contributed by atoms with Crippen molar-refractivity contribution in [2.24, 2.45) is 0 Å². The molecule has 1 saturated heterocycles. The van der Waals surface area contributed by atoms with Gasteiger partial charge in [-0.05, 0) is 44.6 Å². The van der Waals surface area contributed by atoms with Gasteiger partial charge in [-0.25, -0.2) is 4.85 Å². The van der Waals surface area contributed by atoms with Gasteiger partial charge in [0.1, 0.15) is 5.75 Å². The van der Waals surface area contributed by atoms with Crippen LogP contribution in [0.5, 0.6) is 5.75 Å². The third kappa shape index (κ3) is 2.59. The summed E-state index contributed by atoms with van der Waals surface area (Å²) in [5.41, 5.74) is 1.91. The largest absolute Gasteiger partial charge is 0.494 e. The van der Waals surface area contributed by atoms with E-state index in [0.29, 0.717) is 18.2 Å². The Balaban J connectivity index is 2.31. The topological polar surface area (TPSA) is 16.8 Å². The highest BCUT2D eigenvalue weighted by Crippen LogP contribution is 2.35. The second-order valence-electron chi connectivity index (χ2n) is 4.51. The van der Waals surface area contributed by atoms with E-state index in [2.05, 4.69) is 16.8 Å². The molecule has 3 heteroatoms. The molecule has 1 aromatic rings. The molecule has 1 aromatic carbocycles. The average molecular weight is 230 g/mol. The zero-order valence-electron chi connectivity index (χ0n) is 10.4. The first-order valence-electron chi connectivity index (χ1n) is 6.07. The molecular formula is C14H18N2O. The lowest BCUT2D eigenvalue weighted by atomic mass is 9.97. The summed E-state index contributed by atoms with van der Waals surface area (Å²) >= 11 is 0. The molecular weight excluding hydrogens is 212 g/mol. The monoisotopic (exact) mass is 230 g/mol. The van der Waals surface area contributed by atoms with Crippen molar-refractivity contribution >= 4 is 5.69 Å². The van der Waals surface area contributed by atoms with Crippen LogP contribution in [-0.4, -0.2) is 31.6 Å². The number of hydrogen-bond donors (Lipinski definition) is 0. The molecule has 0 saturated carbocycles. The lowest BCUT2D eigenvalue weighted by Gasteiger charge is -2.16. The predicted molar refractivity (Wildman–Crippen MR) is 68.7 cm³/mol. The first kappa shape index (κ1) is 11.9. The number of hydrogen-bond acceptors (Lipinski definition) is 2. The molecule has 1 heterocycles. The van der Waals surface area contributed by atoms with Gasteiger partial charge in [0.25, 0.3) is 0 Å². The Morgan fingerprint density at radius 1 is 1.53 bits per heavy atom. The molecule has 0 aromatic heterocycles. The van der Waals surface area contributed by atoms with Crippen LogP contribution >= 0.6 is 0 Å². The van der Waals surface area contributed by atoms with Crippen molar-refractivity contribution < 1.29 is 4.74 Å². The Morgan fingerprint density at radius 3 is 2.94 bits per heavy atom. The van der Waals surface area contributed by atoms with Gasteiger partial charge in [0.15, 0.2) is 5.69 Å². The average Bonchev–Trinajstić information content (AvgIpc) is 2.77. The van der Waals surface area contributed by atoms with Crippen molar-refractivity contribution in [2.75, 3.05) is 26.7 Å². The summed E-state index contributed by atoms with van der Waals surface area (Å²) < 4.78 is 5.66. The second kappa shape index (κ2) is 5.20. The minimum absolute atomic E-state index is 0.503. The van der Waals surface area contributed by atoms with Crippen LogP contribution in [0.4, 0.5) is 5.69 Å². The van der Waals surface area contributed by atoms with Crippen molar-refractivity contribution in [3.63, 3.8) is 0 Å². The van der Waals surface area contributed by atoms with E-state index in [1.165, 1.54) is 5.56 Å². The third-order valence-electron chi connectivity index (χ3n) is 3.25. The fourth-order valence-electron chi connectivity index (χ4n) is 2.40. The summed E-state index contributed by atoms with van der Waals surface area (Å²) in [6, 6.07) is 5.76. The van der Waals surface area contributed by atoms with E-state index in [-0.39, 0.29) is 0 Å². The van der Waals surface area contributed by atoms with Crippen LogP contribution in [0.1, 0.15) is 24.8 Å². The molecule has 3 nitrogen and oxygen atoms in total. The first-order valence-corrected chi connectivity index (χ1v) is 6.07. The highest BCUT2D eigenvalue weighted by atomic mass is 16.5. The summed E-state index contributed by atoms with van der Waals surface area (Å²) in [5.74, 6) is 1.45. The zero-order valence-corrected chi connectivity index (χ0v) is 10.4. The van der Waals surface area contributed by atoms with Crippen LogP contribution in [0, 0.1) is 6.57 Å². The zero-order chi connectivity index (χ0) is 12.3. The van der Waals surface area contributed by atoms with Crippen molar-refractivity contribution in [3.05, 3.63) is 35.2 Å². The lowest BCUT2D eigenvalue weighted by Crippen LogP contribution is -2.13. The smallest absolute Gasteiger partial charge is 0.187 e. The normalized spacial score (nSPS) is 20.2. The minimum Gasteiger partial charge on any atom is -0.494 e. The minimum atomic E-state index is 0.503. The number of ether oxygens (including phenoxy) is 1. The van der Waals surface area contributed by atoms with E-state index < -0.39 is 0 Å². The van der Waals surface area contributed by atoms with Gasteiger partial charge in [-0.2, -0.15) is 0 Å². The Morgan fingerprint density at radius 2 is 2.35 bits per heavy atom. The van der Waals surface area contributed by atoms with E-state index in [1.54, 1.807) is 0 Å². The maximum atomic E-state index is 7.10.